The van der Waals surface area contributed by atoms with Crippen molar-refractivity contribution in [2.45, 2.75) is 33.6 Å². The van der Waals surface area contributed by atoms with E-state index < -0.39 is 0 Å². The lowest BCUT2D eigenvalue weighted by Crippen LogP contribution is -2.50. The minimum absolute atomic E-state index is 0.314. The van der Waals surface area contributed by atoms with Gasteiger partial charge in [-0.05, 0) is 49.6 Å². The Balaban J connectivity index is 1.85. The Kier molecular flexibility index (Phi) is 5.44. The minimum Gasteiger partial charge on any atom is -0.341 e. The second kappa shape index (κ2) is 6.90. The van der Waals surface area contributed by atoms with Gasteiger partial charge in [0.25, 0.3) is 0 Å². The van der Waals surface area contributed by atoms with Gasteiger partial charge in [-0.2, -0.15) is 0 Å². The number of nitrogens with two attached hydrogens (primary N) is 1. The molecule has 0 radical (unpaired) electrons. The lowest BCUT2D eigenvalue weighted by molar-refractivity contribution is -0.135. The van der Waals surface area contributed by atoms with Crippen molar-refractivity contribution >= 4 is 5.91 Å². The van der Waals surface area contributed by atoms with Crippen LogP contribution in [-0.4, -0.2) is 55.0 Å². The van der Waals surface area contributed by atoms with E-state index in [-0.39, 0.29) is 0 Å². The van der Waals surface area contributed by atoms with Crippen LogP contribution in [0.2, 0.25) is 0 Å². The highest BCUT2D eigenvalue weighted by Gasteiger charge is 2.29. The summed E-state index contributed by atoms with van der Waals surface area (Å²) >= 11 is 0. The number of carbonyl (C=O) groups excluding carboxylic acids is 1. The molecule has 20 heavy (non-hydrogen) atoms. The fraction of sp³-hybridized carbons (Fsp3) is 0.938. The topological polar surface area (TPSA) is 49.6 Å². The maximum atomic E-state index is 12.5. The summed E-state index contributed by atoms with van der Waals surface area (Å²) in [5.41, 5.74) is 5.84. The molecular weight excluding hydrogens is 250 g/mol. The number of nitrogens with zero attached hydrogens (tertiary/aromatic N) is 2. The van der Waals surface area contributed by atoms with E-state index >= 15 is 0 Å². The summed E-state index contributed by atoms with van der Waals surface area (Å²) in [4.78, 5) is 16.9. The van der Waals surface area contributed by atoms with Crippen LogP contribution in [0.25, 0.3) is 0 Å². The minimum atomic E-state index is 0.314. The first-order chi connectivity index (χ1) is 9.49. The number of carbonyl (C=O) groups is 1. The molecule has 0 bridgehead atoms. The molecule has 2 aliphatic heterocycles. The molecule has 2 N–H and O–H groups in total. The molecule has 1 amide bonds. The van der Waals surface area contributed by atoms with Crippen LogP contribution in [0.15, 0.2) is 0 Å². The Bertz CT molecular complexity index is 324. The Morgan fingerprint density at radius 2 is 1.80 bits per heavy atom. The summed E-state index contributed by atoms with van der Waals surface area (Å²) in [6, 6.07) is 0. The first-order valence-electron chi connectivity index (χ1n) is 8.19. The van der Waals surface area contributed by atoms with Crippen molar-refractivity contribution in [2.75, 3.05) is 39.3 Å². The molecule has 0 spiro atoms. The average Bonchev–Trinajstić information content (AvgIpc) is 2.39. The molecule has 4 nitrogen and oxygen atoms in total. The summed E-state index contributed by atoms with van der Waals surface area (Å²) in [7, 11) is 0. The normalized spacial score (nSPS) is 36.1. The zero-order valence-corrected chi connectivity index (χ0v) is 13.3. The largest absolute Gasteiger partial charge is 0.341 e. The smallest absolute Gasteiger partial charge is 0.236 e. The van der Waals surface area contributed by atoms with Gasteiger partial charge in [0.1, 0.15) is 0 Å². The van der Waals surface area contributed by atoms with Crippen molar-refractivity contribution in [1.82, 2.24) is 9.80 Å². The van der Waals surface area contributed by atoms with Crippen molar-refractivity contribution in [3.63, 3.8) is 0 Å². The molecule has 0 aliphatic carbocycles. The van der Waals surface area contributed by atoms with Crippen molar-refractivity contribution in [2.24, 2.45) is 29.4 Å². The molecule has 4 unspecified atom stereocenters. The van der Waals surface area contributed by atoms with Crippen molar-refractivity contribution < 1.29 is 4.79 Å². The first-order valence-corrected chi connectivity index (χ1v) is 8.19. The van der Waals surface area contributed by atoms with Crippen LogP contribution in [0.5, 0.6) is 0 Å². The molecule has 0 aromatic carbocycles. The monoisotopic (exact) mass is 281 g/mol. The standard InChI is InChI=1S/C16H31N3O/c1-12-6-13(2)9-19(8-12)16(20)11-18-5-4-14(3)15(7-17)10-18/h12-15H,4-11,17H2,1-3H3. The molecule has 2 saturated heterocycles. The number of piperidine rings is 2. The summed E-state index contributed by atoms with van der Waals surface area (Å²) in [6.45, 7) is 12.0. The van der Waals surface area contributed by atoms with Gasteiger partial charge in [0.05, 0.1) is 6.54 Å². The van der Waals surface area contributed by atoms with E-state index in [1.807, 2.05) is 0 Å². The fourth-order valence-electron chi connectivity index (χ4n) is 3.83. The predicted molar refractivity (Wildman–Crippen MR) is 82.3 cm³/mol. The zero-order valence-electron chi connectivity index (χ0n) is 13.3. The molecule has 4 heteroatoms. The van der Waals surface area contributed by atoms with Gasteiger partial charge in [-0.1, -0.05) is 20.8 Å². The quantitative estimate of drug-likeness (QED) is 0.851. The number of hydrogen-bond donors (Lipinski definition) is 1. The number of hydrogen-bond acceptors (Lipinski definition) is 3. The highest BCUT2D eigenvalue weighted by atomic mass is 16.2. The van der Waals surface area contributed by atoms with Crippen molar-refractivity contribution in [3.8, 4) is 0 Å². The van der Waals surface area contributed by atoms with Gasteiger partial charge in [-0.15, -0.1) is 0 Å². The Hall–Kier alpha value is -0.610. The molecular formula is C16H31N3O. The Morgan fingerprint density at radius 1 is 1.15 bits per heavy atom. The number of likely N-dealkylation sites (tertiary alicyclic amines) is 2. The summed E-state index contributed by atoms with van der Waals surface area (Å²) in [5.74, 6) is 2.84. The van der Waals surface area contributed by atoms with Crippen molar-refractivity contribution in [1.29, 1.82) is 0 Å². The number of rotatable bonds is 3. The van der Waals surface area contributed by atoms with Gasteiger partial charge >= 0.3 is 0 Å². The zero-order chi connectivity index (χ0) is 14.7. The van der Waals surface area contributed by atoms with Crippen LogP contribution in [0.1, 0.15) is 33.6 Å². The molecule has 2 aliphatic rings. The SMILES string of the molecule is CC1CC(C)CN(C(=O)CN2CCC(C)C(CN)C2)C1. The highest BCUT2D eigenvalue weighted by Crippen LogP contribution is 2.24. The third-order valence-corrected chi connectivity index (χ3v) is 5.08. The van der Waals surface area contributed by atoms with Crippen LogP contribution in [0.3, 0.4) is 0 Å². The molecule has 0 aromatic heterocycles. The fourth-order valence-corrected chi connectivity index (χ4v) is 3.83. The summed E-state index contributed by atoms with van der Waals surface area (Å²) < 4.78 is 0. The highest BCUT2D eigenvalue weighted by molar-refractivity contribution is 5.78. The molecule has 2 heterocycles. The summed E-state index contributed by atoms with van der Waals surface area (Å²) in [6.07, 6.45) is 2.42. The van der Waals surface area contributed by atoms with E-state index in [0.29, 0.717) is 36.1 Å². The lowest BCUT2D eigenvalue weighted by Gasteiger charge is -2.39. The van der Waals surface area contributed by atoms with E-state index in [2.05, 4.69) is 30.6 Å². The molecule has 116 valence electrons. The van der Waals surface area contributed by atoms with Crippen LogP contribution >= 0.6 is 0 Å². The average molecular weight is 281 g/mol. The molecule has 2 fully saturated rings. The first kappa shape index (κ1) is 15.8. The van der Waals surface area contributed by atoms with Crippen LogP contribution in [0, 0.1) is 23.7 Å². The maximum absolute atomic E-state index is 12.5. The second-order valence-electron chi connectivity index (χ2n) is 7.24. The van der Waals surface area contributed by atoms with Gasteiger partial charge in [-0.3, -0.25) is 9.69 Å². The van der Waals surface area contributed by atoms with E-state index in [0.717, 1.165) is 32.7 Å². The van der Waals surface area contributed by atoms with Crippen LogP contribution < -0.4 is 5.73 Å². The molecule has 0 aromatic rings. The van der Waals surface area contributed by atoms with E-state index in [1.165, 1.54) is 12.8 Å². The van der Waals surface area contributed by atoms with Gasteiger partial charge in [0.15, 0.2) is 0 Å². The Morgan fingerprint density at radius 3 is 2.40 bits per heavy atom. The van der Waals surface area contributed by atoms with E-state index in [1.54, 1.807) is 0 Å². The van der Waals surface area contributed by atoms with Crippen molar-refractivity contribution in [3.05, 3.63) is 0 Å². The predicted octanol–water partition coefficient (Wildman–Crippen LogP) is 1.41. The van der Waals surface area contributed by atoms with E-state index in [4.69, 9.17) is 5.73 Å². The third-order valence-electron chi connectivity index (χ3n) is 5.08. The number of amides is 1. The molecule has 0 saturated carbocycles. The maximum Gasteiger partial charge on any atom is 0.236 e. The molecule has 2 rings (SSSR count). The second-order valence-corrected chi connectivity index (χ2v) is 7.24. The Labute approximate surface area is 123 Å². The van der Waals surface area contributed by atoms with Crippen LogP contribution in [-0.2, 0) is 4.79 Å². The summed E-state index contributed by atoms with van der Waals surface area (Å²) in [5, 5.41) is 0. The van der Waals surface area contributed by atoms with Gasteiger partial charge in [-0.25, -0.2) is 0 Å². The van der Waals surface area contributed by atoms with Gasteiger partial charge < -0.3 is 10.6 Å². The lowest BCUT2D eigenvalue weighted by atomic mass is 9.87. The van der Waals surface area contributed by atoms with Gasteiger partial charge in [0.2, 0.25) is 5.91 Å². The van der Waals surface area contributed by atoms with Gasteiger partial charge in [0, 0.05) is 19.6 Å². The third kappa shape index (κ3) is 3.95. The van der Waals surface area contributed by atoms with Crippen LogP contribution in [0.4, 0.5) is 0 Å². The molecule has 4 atom stereocenters. The van der Waals surface area contributed by atoms with E-state index in [9.17, 15) is 4.79 Å².